The number of piperazine rings is 1. The van der Waals surface area contributed by atoms with E-state index in [1.807, 2.05) is 11.8 Å². The van der Waals surface area contributed by atoms with E-state index in [0.717, 1.165) is 12.3 Å². The Hall–Kier alpha value is -4.34. The Balaban J connectivity index is 1.78. The van der Waals surface area contributed by atoms with Crippen LogP contribution in [0.5, 0.6) is 0 Å². The molecule has 8 nitrogen and oxygen atoms in total. The van der Waals surface area contributed by atoms with Gasteiger partial charge in [0.15, 0.2) is 0 Å². The highest BCUT2D eigenvalue weighted by Gasteiger charge is 2.47. The first-order chi connectivity index (χ1) is 20.0. The molecule has 0 spiro atoms. The number of nitriles is 1. The van der Waals surface area contributed by atoms with Crippen molar-refractivity contribution in [3.63, 3.8) is 0 Å². The van der Waals surface area contributed by atoms with Crippen LogP contribution in [0.25, 0.3) is 11.0 Å². The Labute approximate surface area is 239 Å². The second-order valence-electron chi connectivity index (χ2n) is 10.6. The van der Waals surface area contributed by atoms with E-state index in [2.05, 4.69) is 21.4 Å². The van der Waals surface area contributed by atoms with Gasteiger partial charge in [0.05, 0.1) is 46.0 Å². The summed E-state index contributed by atoms with van der Waals surface area (Å²) in [5.41, 5.74) is 0.430. The summed E-state index contributed by atoms with van der Waals surface area (Å²) < 4.78 is 61.2. The number of nitrogens with zero attached hydrogens (tertiary/aromatic N) is 5. The van der Waals surface area contributed by atoms with E-state index in [4.69, 9.17) is 4.74 Å². The lowest BCUT2D eigenvalue weighted by molar-refractivity contribution is -0.137. The number of aryl methyl sites for hydroxylation is 1. The lowest BCUT2D eigenvalue weighted by Gasteiger charge is -2.53. The zero-order valence-corrected chi connectivity index (χ0v) is 23.1. The minimum atomic E-state index is -4.57. The van der Waals surface area contributed by atoms with Gasteiger partial charge in [-0.1, -0.05) is 12.1 Å². The summed E-state index contributed by atoms with van der Waals surface area (Å²) >= 11 is 0. The number of ether oxygens (including phenoxy) is 1. The smallest absolute Gasteiger partial charge is 0.383 e. The van der Waals surface area contributed by atoms with Gasteiger partial charge < -0.3 is 19.5 Å². The average Bonchev–Trinajstić information content (AvgIpc) is 2.96. The van der Waals surface area contributed by atoms with Gasteiger partial charge >= 0.3 is 6.18 Å². The first-order valence-corrected chi connectivity index (χ1v) is 13.2. The minimum Gasteiger partial charge on any atom is -0.383 e. The average molecular weight is 581 g/mol. The molecule has 3 unspecified atom stereocenters. The summed E-state index contributed by atoms with van der Waals surface area (Å²) in [6, 6.07) is 14.5. The summed E-state index contributed by atoms with van der Waals surface area (Å²) in [4.78, 5) is 23.5. The van der Waals surface area contributed by atoms with Gasteiger partial charge in [-0.15, -0.1) is 0 Å². The number of nitrogens with one attached hydrogen (secondary N) is 1. The lowest BCUT2D eigenvalue weighted by Crippen LogP contribution is -2.67. The maximum atomic E-state index is 14.0. The standard InChI is InChI=1S/C30H28F4N6O2/c1-29(27(18-4-7-20(31)8-5-18)23-9-6-19(14-36-23)30(32,33)34)17-37-22(16-42-3)15-40(29)25-12-21(13-35)38-24-10-11-26(41)39(2)28(24)25/h4-12,14,22,27,37H,15-17H2,1-3H3. The number of pyridine rings is 3. The first kappa shape index (κ1) is 29.2. The van der Waals surface area contributed by atoms with Crippen LogP contribution in [0.15, 0.2) is 65.6 Å². The molecule has 1 aliphatic rings. The zero-order valence-electron chi connectivity index (χ0n) is 23.1. The fourth-order valence-corrected chi connectivity index (χ4v) is 5.77. The predicted molar refractivity (Wildman–Crippen MR) is 149 cm³/mol. The SMILES string of the molecule is COCC1CN(c2cc(C#N)nc3ccc(=O)n(C)c23)C(C)(C(c2ccc(F)cc2)c2ccc(C(F)(F)F)cn2)CN1. The Morgan fingerprint density at radius 1 is 1.19 bits per heavy atom. The van der Waals surface area contributed by atoms with Gasteiger partial charge in [0, 0.05) is 51.6 Å². The topological polar surface area (TPSA) is 96.1 Å². The Kier molecular flexibility index (Phi) is 7.74. The molecule has 1 N–H and O–H groups in total. The van der Waals surface area contributed by atoms with Crippen LogP contribution in [0.3, 0.4) is 0 Å². The van der Waals surface area contributed by atoms with Crippen molar-refractivity contribution in [3.05, 3.63) is 99.5 Å². The van der Waals surface area contributed by atoms with Crippen LogP contribution in [-0.2, 0) is 18.0 Å². The maximum absolute atomic E-state index is 14.0. The van der Waals surface area contributed by atoms with E-state index in [0.29, 0.717) is 47.7 Å². The van der Waals surface area contributed by atoms with Crippen molar-refractivity contribution >= 4 is 16.7 Å². The monoisotopic (exact) mass is 580 g/mol. The molecule has 1 aliphatic heterocycles. The van der Waals surface area contributed by atoms with Crippen molar-refractivity contribution in [1.82, 2.24) is 19.9 Å². The number of rotatable bonds is 6. The number of halogens is 4. The zero-order chi connectivity index (χ0) is 30.2. The normalized spacial score (nSPS) is 20.0. The molecule has 0 bridgehead atoms. The summed E-state index contributed by atoms with van der Waals surface area (Å²) in [5, 5.41) is 13.3. The van der Waals surface area contributed by atoms with Crippen LogP contribution < -0.4 is 15.8 Å². The molecular formula is C30H28F4N6O2. The van der Waals surface area contributed by atoms with Crippen LogP contribution in [0.2, 0.25) is 0 Å². The molecule has 3 aromatic heterocycles. The van der Waals surface area contributed by atoms with E-state index < -0.39 is 29.0 Å². The van der Waals surface area contributed by atoms with Crippen molar-refractivity contribution in [2.45, 2.75) is 30.6 Å². The number of methoxy groups -OCH3 is 1. The number of hydrogen-bond donors (Lipinski definition) is 1. The molecule has 0 aliphatic carbocycles. The Morgan fingerprint density at radius 3 is 2.55 bits per heavy atom. The van der Waals surface area contributed by atoms with Crippen LogP contribution >= 0.6 is 0 Å². The number of alkyl halides is 3. The van der Waals surface area contributed by atoms with Crippen LogP contribution in [0.1, 0.15) is 35.4 Å². The van der Waals surface area contributed by atoms with E-state index in [1.54, 1.807) is 38.4 Å². The maximum Gasteiger partial charge on any atom is 0.417 e. The largest absolute Gasteiger partial charge is 0.417 e. The summed E-state index contributed by atoms with van der Waals surface area (Å²) in [6.07, 6.45) is -3.77. The van der Waals surface area contributed by atoms with Gasteiger partial charge in [-0.3, -0.25) is 9.78 Å². The van der Waals surface area contributed by atoms with Crippen molar-refractivity contribution in [3.8, 4) is 6.07 Å². The van der Waals surface area contributed by atoms with Crippen LogP contribution in [0, 0.1) is 17.1 Å². The number of fused-ring (bicyclic) bond motifs is 1. The van der Waals surface area contributed by atoms with Crippen molar-refractivity contribution in [1.29, 1.82) is 5.26 Å². The third kappa shape index (κ3) is 5.33. The molecule has 1 aromatic carbocycles. The fourth-order valence-electron chi connectivity index (χ4n) is 5.77. The molecule has 4 aromatic rings. The highest BCUT2D eigenvalue weighted by Crippen LogP contribution is 2.44. The third-order valence-corrected chi connectivity index (χ3v) is 7.83. The number of hydrogen-bond acceptors (Lipinski definition) is 7. The molecule has 1 fully saturated rings. The molecule has 218 valence electrons. The molecule has 4 heterocycles. The number of aromatic nitrogens is 3. The molecule has 12 heteroatoms. The van der Waals surface area contributed by atoms with E-state index in [9.17, 15) is 27.6 Å². The van der Waals surface area contributed by atoms with E-state index in [-0.39, 0.29) is 17.3 Å². The summed E-state index contributed by atoms with van der Waals surface area (Å²) in [6.45, 7) is 2.92. The first-order valence-electron chi connectivity index (χ1n) is 13.2. The molecule has 3 atom stereocenters. The third-order valence-electron chi connectivity index (χ3n) is 7.83. The quantitative estimate of drug-likeness (QED) is 0.339. The second kappa shape index (κ2) is 11.2. The Bertz CT molecular complexity index is 1700. The van der Waals surface area contributed by atoms with Gasteiger partial charge in [-0.25, -0.2) is 9.37 Å². The van der Waals surface area contributed by atoms with Crippen molar-refractivity contribution in [2.75, 3.05) is 31.7 Å². The number of benzene rings is 1. The van der Waals surface area contributed by atoms with Gasteiger partial charge in [0.25, 0.3) is 5.56 Å². The van der Waals surface area contributed by atoms with Crippen LogP contribution in [-0.4, -0.2) is 52.9 Å². The van der Waals surface area contributed by atoms with Crippen LogP contribution in [0.4, 0.5) is 23.2 Å². The van der Waals surface area contributed by atoms with Gasteiger partial charge in [-0.05, 0) is 42.8 Å². The molecule has 0 saturated carbocycles. The van der Waals surface area contributed by atoms with Crippen molar-refractivity contribution < 1.29 is 22.3 Å². The second-order valence-corrected chi connectivity index (χ2v) is 10.6. The molecule has 0 amide bonds. The number of anilines is 1. The van der Waals surface area contributed by atoms with E-state index >= 15 is 0 Å². The lowest BCUT2D eigenvalue weighted by atomic mass is 9.74. The Morgan fingerprint density at radius 2 is 1.93 bits per heavy atom. The molecule has 1 saturated heterocycles. The van der Waals surface area contributed by atoms with Crippen molar-refractivity contribution in [2.24, 2.45) is 7.05 Å². The molecule has 42 heavy (non-hydrogen) atoms. The summed E-state index contributed by atoms with van der Waals surface area (Å²) in [5.74, 6) is -1.14. The van der Waals surface area contributed by atoms with E-state index in [1.165, 1.54) is 28.8 Å². The highest BCUT2D eigenvalue weighted by atomic mass is 19.4. The van der Waals surface area contributed by atoms with Gasteiger partial charge in [-0.2, -0.15) is 18.4 Å². The molecular weight excluding hydrogens is 552 g/mol. The minimum absolute atomic E-state index is 0.131. The van der Waals surface area contributed by atoms with Gasteiger partial charge in [0.1, 0.15) is 17.6 Å². The van der Waals surface area contributed by atoms with Gasteiger partial charge in [0.2, 0.25) is 0 Å². The molecule has 0 radical (unpaired) electrons. The summed E-state index contributed by atoms with van der Waals surface area (Å²) in [7, 11) is 3.19. The molecule has 5 rings (SSSR count). The fraction of sp³-hybridized carbons (Fsp3) is 0.333. The predicted octanol–water partition coefficient (Wildman–Crippen LogP) is 4.37. The highest BCUT2D eigenvalue weighted by molar-refractivity contribution is 5.90.